The van der Waals surface area contributed by atoms with E-state index in [1.54, 1.807) is 24.3 Å². The van der Waals surface area contributed by atoms with Crippen molar-refractivity contribution in [1.82, 2.24) is 5.32 Å². The Labute approximate surface area is 135 Å². The summed E-state index contributed by atoms with van der Waals surface area (Å²) >= 11 is 0. The molecule has 116 valence electrons. The Hall–Kier alpha value is -3.26. The molecule has 0 aliphatic heterocycles. The van der Waals surface area contributed by atoms with Gasteiger partial charge in [-0.3, -0.25) is 4.79 Å². The van der Waals surface area contributed by atoms with E-state index in [0.717, 1.165) is 17.7 Å². The lowest BCUT2D eigenvalue weighted by Crippen LogP contribution is -2.27. The van der Waals surface area contributed by atoms with Crippen LogP contribution in [0.4, 0.5) is 11.4 Å². The van der Waals surface area contributed by atoms with Crippen LogP contribution >= 0.6 is 0 Å². The first kappa shape index (κ1) is 16.1. The molecule has 0 atom stereocenters. The lowest BCUT2D eigenvalue weighted by molar-refractivity contribution is -0.117. The number of nitrogens with zero attached hydrogens (tertiary/aromatic N) is 1. The quantitative estimate of drug-likeness (QED) is 0.434. The number of nitrogens with two attached hydrogens (primary N) is 1. The van der Waals surface area contributed by atoms with E-state index in [-0.39, 0.29) is 5.57 Å². The lowest BCUT2D eigenvalue weighted by Gasteiger charge is -2.05. The highest BCUT2D eigenvalue weighted by molar-refractivity contribution is 5.97. The highest BCUT2D eigenvalue weighted by Crippen LogP contribution is 2.10. The average Bonchev–Trinajstić information content (AvgIpc) is 2.58. The molecular formula is C18H18N4O. The summed E-state index contributed by atoms with van der Waals surface area (Å²) < 4.78 is 0. The summed E-state index contributed by atoms with van der Waals surface area (Å²) in [5.41, 5.74) is 8.16. The first-order chi connectivity index (χ1) is 11.2. The van der Waals surface area contributed by atoms with Crippen LogP contribution in [0.25, 0.3) is 0 Å². The van der Waals surface area contributed by atoms with Crippen molar-refractivity contribution in [3.8, 4) is 6.07 Å². The maximum Gasteiger partial charge on any atom is 0.263 e. The van der Waals surface area contributed by atoms with E-state index >= 15 is 0 Å². The Balaban J connectivity index is 1.86. The minimum Gasteiger partial charge on any atom is -0.399 e. The first-order valence-electron chi connectivity index (χ1n) is 7.23. The zero-order valence-corrected chi connectivity index (χ0v) is 12.6. The van der Waals surface area contributed by atoms with Crippen LogP contribution in [0, 0.1) is 11.3 Å². The third kappa shape index (κ3) is 5.21. The fourth-order valence-electron chi connectivity index (χ4n) is 1.94. The van der Waals surface area contributed by atoms with E-state index in [2.05, 4.69) is 10.6 Å². The van der Waals surface area contributed by atoms with Crippen molar-refractivity contribution in [3.63, 3.8) is 0 Å². The summed E-state index contributed by atoms with van der Waals surface area (Å²) in [5, 5.41) is 14.7. The molecule has 0 saturated carbocycles. The van der Waals surface area contributed by atoms with E-state index in [4.69, 9.17) is 11.0 Å². The van der Waals surface area contributed by atoms with Gasteiger partial charge in [0.1, 0.15) is 11.6 Å². The molecule has 2 aromatic carbocycles. The number of rotatable bonds is 6. The fraction of sp³-hybridized carbons (Fsp3) is 0.111. The third-order valence-corrected chi connectivity index (χ3v) is 3.20. The normalized spacial score (nSPS) is 10.7. The molecule has 23 heavy (non-hydrogen) atoms. The molecule has 2 rings (SSSR count). The predicted octanol–water partition coefficient (Wildman–Crippen LogP) is 2.45. The van der Waals surface area contributed by atoms with Gasteiger partial charge >= 0.3 is 0 Å². The molecule has 0 heterocycles. The number of hydrogen-bond acceptors (Lipinski definition) is 4. The van der Waals surface area contributed by atoms with E-state index in [0.29, 0.717) is 12.2 Å². The summed E-state index contributed by atoms with van der Waals surface area (Å²) in [4.78, 5) is 12.0. The van der Waals surface area contributed by atoms with E-state index < -0.39 is 5.91 Å². The Kier molecular flexibility index (Phi) is 5.78. The first-order valence-corrected chi connectivity index (χ1v) is 7.23. The van der Waals surface area contributed by atoms with Crippen LogP contribution in [0.1, 0.15) is 5.56 Å². The number of nitrogen functional groups attached to an aromatic ring is 1. The fourth-order valence-corrected chi connectivity index (χ4v) is 1.94. The maximum absolute atomic E-state index is 12.0. The monoisotopic (exact) mass is 306 g/mol. The van der Waals surface area contributed by atoms with Crippen LogP contribution in [-0.2, 0) is 11.2 Å². The molecular weight excluding hydrogens is 288 g/mol. The zero-order valence-electron chi connectivity index (χ0n) is 12.6. The van der Waals surface area contributed by atoms with Gasteiger partial charge in [-0.15, -0.1) is 0 Å². The van der Waals surface area contributed by atoms with Gasteiger partial charge in [0.25, 0.3) is 5.91 Å². The average molecular weight is 306 g/mol. The summed E-state index contributed by atoms with van der Waals surface area (Å²) in [6, 6.07) is 18.8. The van der Waals surface area contributed by atoms with Gasteiger partial charge in [-0.05, 0) is 36.2 Å². The van der Waals surface area contributed by atoms with Gasteiger partial charge in [-0.1, -0.05) is 30.3 Å². The van der Waals surface area contributed by atoms with Gasteiger partial charge in [0, 0.05) is 24.1 Å². The van der Waals surface area contributed by atoms with Crippen molar-refractivity contribution in [2.75, 3.05) is 17.6 Å². The molecule has 0 aliphatic carbocycles. The van der Waals surface area contributed by atoms with Crippen LogP contribution < -0.4 is 16.4 Å². The van der Waals surface area contributed by atoms with Crippen LogP contribution in [-0.4, -0.2) is 12.5 Å². The molecule has 0 saturated heterocycles. The molecule has 0 bridgehead atoms. The van der Waals surface area contributed by atoms with Crippen LogP contribution in [0.3, 0.4) is 0 Å². The van der Waals surface area contributed by atoms with Crippen LogP contribution in [0.2, 0.25) is 0 Å². The molecule has 0 spiro atoms. The molecule has 1 amide bonds. The number of benzene rings is 2. The Morgan fingerprint density at radius 2 is 1.83 bits per heavy atom. The van der Waals surface area contributed by atoms with Crippen molar-refractivity contribution in [2.24, 2.45) is 0 Å². The van der Waals surface area contributed by atoms with Gasteiger partial charge < -0.3 is 16.4 Å². The van der Waals surface area contributed by atoms with E-state index in [1.165, 1.54) is 6.20 Å². The molecule has 0 aliphatic rings. The topological polar surface area (TPSA) is 90.9 Å². The largest absolute Gasteiger partial charge is 0.399 e. The summed E-state index contributed by atoms with van der Waals surface area (Å²) in [6.45, 7) is 0.476. The SMILES string of the molecule is N#C/C(=C/Nc1ccc(N)cc1)C(=O)NCCc1ccccc1. The number of nitrogens with one attached hydrogen (secondary N) is 2. The number of amides is 1. The zero-order chi connectivity index (χ0) is 16.5. The number of nitriles is 1. The molecule has 0 unspecified atom stereocenters. The van der Waals surface area contributed by atoms with Crippen molar-refractivity contribution in [2.45, 2.75) is 6.42 Å². The second kappa shape index (κ2) is 8.25. The molecule has 0 aromatic heterocycles. The maximum atomic E-state index is 12.0. The third-order valence-electron chi connectivity index (χ3n) is 3.20. The van der Waals surface area contributed by atoms with Gasteiger partial charge in [0.15, 0.2) is 0 Å². The lowest BCUT2D eigenvalue weighted by atomic mass is 10.1. The van der Waals surface area contributed by atoms with Gasteiger partial charge in [0.2, 0.25) is 0 Å². The van der Waals surface area contributed by atoms with Crippen molar-refractivity contribution in [1.29, 1.82) is 5.26 Å². The van der Waals surface area contributed by atoms with Crippen molar-refractivity contribution < 1.29 is 4.79 Å². The second-order valence-electron chi connectivity index (χ2n) is 4.93. The van der Waals surface area contributed by atoms with Crippen molar-refractivity contribution >= 4 is 17.3 Å². The predicted molar refractivity (Wildman–Crippen MR) is 91.3 cm³/mol. The Bertz CT molecular complexity index is 715. The standard InChI is InChI=1S/C18H18N4O/c19-12-15(13-22-17-8-6-16(20)7-9-17)18(23)21-11-10-14-4-2-1-3-5-14/h1-9,13,22H,10-11,20H2,(H,21,23)/b15-13-. The van der Waals surface area contributed by atoms with Gasteiger partial charge in [0.05, 0.1) is 0 Å². The molecule has 4 N–H and O–H groups in total. The smallest absolute Gasteiger partial charge is 0.263 e. The molecule has 5 nitrogen and oxygen atoms in total. The second-order valence-corrected chi connectivity index (χ2v) is 4.93. The Morgan fingerprint density at radius 3 is 2.48 bits per heavy atom. The van der Waals surface area contributed by atoms with E-state index in [9.17, 15) is 4.79 Å². The molecule has 0 radical (unpaired) electrons. The van der Waals surface area contributed by atoms with Crippen LogP contribution in [0.15, 0.2) is 66.4 Å². The number of carbonyl (C=O) groups is 1. The molecule has 5 heteroatoms. The molecule has 0 fully saturated rings. The minimum absolute atomic E-state index is 0.0230. The Morgan fingerprint density at radius 1 is 1.13 bits per heavy atom. The van der Waals surface area contributed by atoms with Gasteiger partial charge in [-0.2, -0.15) is 5.26 Å². The minimum atomic E-state index is -0.397. The summed E-state index contributed by atoms with van der Waals surface area (Å²) in [6.07, 6.45) is 2.11. The summed E-state index contributed by atoms with van der Waals surface area (Å²) in [5.74, 6) is -0.397. The number of hydrogen-bond donors (Lipinski definition) is 3. The number of anilines is 2. The van der Waals surface area contributed by atoms with Crippen LogP contribution in [0.5, 0.6) is 0 Å². The molecule has 2 aromatic rings. The van der Waals surface area contributed by atoms with E-state index in [1.807, 2.05) is 36.4 Å². The summed E-state index contributed by atoms with van der Waals surface area (Å²) in [7, 11) is 0. The number of carbonyl (C=O) groups excluding carboxylic acids is 1. The highest BCUT2D eigenvalue weighted by Gasteiger charge is 2.07. The van der Waals surface area contributed by atoms with Crippen molar-refractivity contribution in [3.05, 3.63) is 71.9 Å². The highest BCUT2D eigenvalue weighted by atomic mass is 16.1. The van der Waals surface area contributed by atoms with Gasteiger partial charge in [-0.25, -0.2) is 0 Å².